The third kappa shape index (κ3) is 2.99. The lowest BCUT2D eigenvalue weighted by Crippen LogP contribution is -1.97. The summed E-state index contributed by atoms with van der Waals surface area (Å²) in [4.78, 5) is 9.99. The lowest BCUT2D eigenvalue weighted by Gasteiger charge is -2.13. The number of benzene rings is 4. The van der Waals surface area contributed by atoms with Gasteiger partial charge in [0.15, 0.2) is 0 Å². The molecule has 4 aromatic carbocycles. The number of fused-ring (bicyclic) bond motifs is 7. The van der Waals surface area contributed by atoms with E-state index < -0.39 is 0 Å². The van der Waals surface area contributed by atoms with Gasteiger partial charge in [-0.2, -0.15) is 5.10 Å². The van der Waals surface area contributed by atoms with E-state index in [1.807, 2.05) is 28.9 Å². The highest BCUT2D eigenvalue weighted by Gasteiger charge is 2.15. The minimum absolute atomic E-state index is 0.871. The van der Waals surface area contributed by atoms with E-state index in [-0.39, 0.29) is 0 Å². The van der Waals surface area contributed by atoms with Crippen molar-refractivity contribution in [3.8, 4) is 22.5 Å². The molecule has 8 rings (SSSR count). The normalized spacial score (nSPS) is 11.8. The molecule has 0 amide bonds. The highest BCUT2D eigenvalue weighted by Crippen LogP contribution is 2.37. The second kappa shape index (κ2) is 7.70. The Morgan fingerprint density at radius 2 is 1.35 bits per heavy atom. The molecule has 0 fully saturated rings. The molecule has 8 aromatic rings. The van der Waals surface area contributed by atoms with Crippen LogP contribution in [0.5, 0.6) is 0 Å². The van der Waals surface area contributed by atoms with Gasteiger partial charge in [0.2, 0.25) is 0 Å². The topological polar surface area (TPSA) is 43.1 Å². The van der Waals surface area contributed by atoms with Crippen LogP contribution in [-0.4, -0.2) is 19.6 Å². The molecule has 0 radical (unpaired) electrons. The summed E-state index contributed by atoms with van der Waals surface area (Å²) in [7, 11) is 0. The maximum atomic E-state index is 5.17. The maximum absolute atomic E-state index is 5.17. The summed E-state index contributed by atoms with van der Waals surface area (Å²) in [5.74, 6) is 0. The fraction of sp³-hybridized carbons (Fsp3) is 0. The molecule has 4 aromatic heterocycles. The zero-order valence-corrected chi connectivity index (χ0v) is 19.8. The fourth-order valence-electron chi connectivity index (χ4n) is 5.54. The molecule has 0 saturated carbocycles. The van der Waals surface area contributed by atoms with Gasteiger partial charge in [0.25, 0.3) is 0 Å². The predicted molar refractivity (Wildman–Crippen MR) is 152 cm³/mol. The molecule has 4 nitrogen and oxygen atoms in total. The van der Waals surface area contributed by atoms with Crippen LogP contribution in [0.1, 0.15) is 0 Å². The van der Waals surface area contributed by atoms with Crippen LogP contribution in [0.3, 0.4) is 0 Å². The molecular formula is C33H20N4. The van der Waals surface area contributed by atoms with Crippen molar-refractivity contribution < 1.29 is 0 Å². The first-order valence-electron chi connectivity index (χ1n) is 12.4. The van der Waals surface area contributed by atoms with Gasteiger partial charge in [0.05, 0.1) is 33.5 Å². The number of aromatic nitrogens is 4. The predicted octanol–water partition coefficient (Wildman–Crippen LogP) is 8.07. The van der Waals surface area contributed by atoms with Crippen LogP contribution < -0.4 is 0 Å². The fourth-order valence-corrected chi connectivity index (χ4v) is 5.54. The molecule has 0 bridgehead atoms. The van der Waals surface area contributed by atoms with Crippen LogP contribution in [0.2, 0.25) is 0 Å². The van der Waals surface area contributed by atoms with Crippen molar-refractivity contribution in [1.29, 1.82) is 0 Å². The second-order valence-electron chi connectivity index (χ2n) is 9.34. The van der Waals surface area contributed by atoms with E-state index in [0.29, 0.717) is 0 Å². The van der Waals surface area contributed by atoms with E-state index in [2.05, 4.69) is 97.1 Å². The van der Waals surface area contributed by atoms with Crippen molar-refractivity contribution in [1.82, 2.24) is 19.6 Å². The molecule has 37 heavy (non-hydrogen) atoms. The molecule has 4 heteroatoms. The Hall–Kier alpha value is -5.09. The molecule has 172 valence electrons. The zero-order valence-electron chi connectivity index (χ0n) is 19.8. The summed E-state index contributed by atoms with van der Waals surface area (Å²) >= 11 is 0. The third-order valence-electron chi connectivity index (χ3n) is 7.24. The van der Waals surface area contributed by atoms with E-state index in [0.717, 1.165) is 49.6 Å². The Balaban J connectivity index is 1.40. The van der Waals surface area contributed by atoms with E-state index in [9.17, 15) is 0 Å². The van der Waals surface area contributed by atoms with Crippen LogP contribution in [0.4, 0.5) is 0 Å². The third-order valence-corrected chi connectivity index (χ3v) is 7.24. The summed E-state index contributed by atoms with van der Waals surface area (Å²) in [6, 6.07) is 40.1. The van der Waals surface area contributed by atoms with Gasteiger partial charge in [0.1, 0.15) is 0 Å². The first kappa shape index (κ1) is 20.1. The Morgan fingerprint density at radius 3 is 2.32 bits per heavy atom. The summed E-state index contributed by atoms with van der Waals surface area (Å²) in [6.07, 6.45) is 1.85. The Bertz CT molecular complexity index is 2150. The minimum Gasteiger partial charge on any atom is -0.254 e. The maximum Gasteiger partial charge on any atom is 0.0973 e. The van der Waals surface area contributed by atoms with Crippen LogP contribution in [0.25, 0.3) is 71.5 Å². The molecular weight excluding hydrogens is 452 g/mol. The van der Waals surface area contributed by atoms with E-state index in [1.165, 1.54) is 21.9 Å². The lowest BCUT2D eigenvalue weighted by atomic mass is 9.93. The monoisotopic (exact) mass is 472 g/mol. The number of nitrogens with zero attached hydrogens (tertiary/aromatic N) is 4. The van der Waals surface area contributed by atoms with Gasteiger partial charge >= 0.3 is 0 Å². The Kier molecular flexibility index (Phi) is 4.19. The number of rotatable bonds is 2. The molecule has 0 unspecified atom stereocenters. The van der Waals surface area contributed by atoms with Crippen LogP contribution >= 0.6 is 0 Å². The number of hydrogen-bond donors (Lipinski definition) is 0. The van der Waals surface area contributed by atoms with Crippen LogP contribution in [0, 0.1) is 0 Å². The summed E-state index contributed by atoms with van der Waals surface area (Å²) in [5.41, 5.74) is 8.05. The van der Waals surface area contributed by atoms with E-state index >= 15 is 0 Å². The second-order valence-corrected chi connectivity index (χ2v) is 9.34. The van der Waals surface area contributed by atoms with Crippen molar-refractivity contribution in [2.75, 3.05) is 0 Å². The molecule has 0 N–H and O–H groups in total. The van der Waals surface area contributed by atoms with Crippen molar-refractivity contribution in [2.24, 2.45) is 0 Å². The van der Waals surface area contributed by atoms with Crippen LogP contribution in [0.15, 0.2) is 121 Å². The summed E-state index contributed by atoms with van der Waals surface area (Å²) < 4.78 is 2.00. The molecule has 0 saturated heterocycles. The van der Waals surface area contributed by atoms with Gasteiger partial charge in [-0.15, -0.1) is 0 Å². The SMILES string of the molecule is c1ccc2c(-c3cc4ccc(-c5cccc6c7ccccc7nn56)nc4c4ncccc34)cccc2c1. The van der Waals surface area contributed by atoms with Gasteiger partial charge in [-0.05, 0) is 58.3 Å². The molecule has 0 aliphatic rings. The van der Waals surface area contributed by atoms with Gasteiger partial charge in [-0.3, -0.25) is 4.98 Å². The molecule has 4 heterocycles. The lowest BCUT2D eigenvalue weighted by molar-refractivity contribution is 0.984. The smallest absolute Gasteiger partial charge is 0.0973 e. The van der Waals surface area contributed by atoms with E-state index in [4.69, 9.17) is 15.1 Å². The van der Waals surface area contributed by atoms with Crippen molar-refractivity contribution in [3.63, 3.8) is 0 Å². The average Bonchev–Trinajstić information content (AvgIpc) is 3.35. The van der Waals surface area contributed by atoms with E-state index in [1.54, 1.807) is 0 Å². The number of hydrogen-bond acceptors (Lipinski definition) is 3. The standard InChI is InChI=1S/C33H20N4/c1-2-10-23-21(8-1)9-5-12-24(23)27-20-22-17-18-29(35-32(22)33-25(27)13-7-19-34-33)31-16-6-15-30-26-11-3-4-14-28(26)36-37(30)31/h1-20H. The average molecular weight is 473 g/mol. The quantitative estimate of drug-likeness (QED) is 0.239. The molecule has 0 atom stereocenters. The molecule has 0 aliphatic carbocycles. The van der Waals surface area contributed by atoms with Crippen LogP contribution in [-0.2, 0) is 0 Å². The highest BCUT2D eigenvalue weighted by atomic mass is 15.2. The first-order valence-corrected chi connectivity index (χ1v) is 12.4. The minimum atomic E-state index is 0.871. The van der Waals surface area contributed by atoms with Gasteiger partial charge in [-0.25, -0.2) is 9.50 Å². The van der Waals surface area contributed by atoms with Gasteiger partial charge in [0, 0.05) is 22.4 Å². The Labute approximate surface area is 212 Å². The zero-order chi connectivity index (χ0) is 24.3. The van der Waals surface area contributed by atoms with Crippen molar-refractivity contribution in [3.05, 3.63) is 121 Å². The Morgan fingerprint density at radius 1 is 0.541 bits per heavy atom. The van der Waals surface area contributed by atoms with Gasteiger partial charge in [-0.1, -0.05) is 78.9 Å². The van der Waals surface area contributed by atoms with Crippen molar-refractivity contribution >= 4 is 49.0 Å². The van der Waals surface area contributed by atoms with Crippen molar-refractivity contribution in [2.45, 2.75) is 0 Å². The highest BCUT2D eigenvalue weighted by molar-refractivity contribution is 6.13. The summed E-state index contributed by atoms with van der Waals surface area (Å²) in [6.45, 7) is 0. The largest absolute Gasteiger partial charge is 0.254 e. The summed E-state index contributed by atoms with van der Waals surface area (Å²) in [5, 5.41) is 10.6. The van der Waals surface area contributed by atoms with Gasteiger partial charge < -0.3 is 0 Å². The first-order chi connectivity index (χ1) is 18.3. The molecule has 0 aliphatic heterocycles. The number of pyridine rings is 3. The molecule has 0 spiro atoms.